The molecule has 0 fully saturated rings. The van der Waals surface area contributed by atoms with Gasteiger partial charge in [-0.2, -0.15) is 0 Å². The van der Waals surface area contributed by atoms with Crippen LogP contribution >= 0.6 is 11.8 Å². The van der Waals surface area contributed by atoms with Crippen molar-refractivity contribution >= 4 is 17.7 Å². The Hall–Kier alpha value is -2.94. The molecule has 8 nitrogen and oxygen atoms in total. The van der Waals surface area contributed by atoms with Crippen molar-refractivity contribution in [1.82, 2.24) is 20.1 Å². The summed E-state index contributed by atoms with van der Waals surface area (Å²) in [5.41, 5.74) is 0.849. The standard InChI is InChI=1S/C20H24N4O4S/c1-5-24-19(17-7-6-10-28-17)22-23-20(24)29-12-18(25)21-13(2)15-11-14(26-3)8-9-16(15)27-4/h6-11,13H,5,12H2,1-4H3,(H,21,25)/t13-/m1/s1. The molecule has 0 saturated carbocycles. The van der Waals surface area contributed by atoms with Crippen molar-refractivity contribution in [3.63, 3.8) is 0 Å². The van der Waals surface area contributed by atoms with E-state index >= 15 is 0 Å². The number of rotatable bonds is 9. The number of hydrogen-bond acceptors (Lipinski definition) is 7. The summed E-state index contributed by atoms with van der Waals surface area (Å²) in [6, 6.07) is 8.90. The third kappa shape index (κ3) is 4.73. The van der Waals surface area contributed by atoms with Crippen LogP contribution in [0.3, 0.4) is 0 Å². The van der Waals surface area contributed by atoms with E-state index in [1.807, 2.05) is 42.7 Å². The topological polar surface area (TPSA) is 91.4 Å². The van der Waals surface area contributed by atoms with Crippen molar-refractivity contribution in [3.05, 3.63) is 42.2 Å². The van der Waals surface area contributed by atoms with Gasteiger partial charge in [0.2, 0.25) is 5.91 Å². The van der Waals surface area contributed by atoms with Gasteiger partial charge in [0, 0.05) is 12.1 Å². The minimum Gasteiger partial charge on any atom is -0.497 e. The third-order valence-corrected chi connectivity index (χ3v) is 5.35. The number of nitrogens with zero attached hydrogens (tertiary/aromatic N) is 3. The second-order valence-corrected chi connectivity index (χ2v) is 7.16. The first-order valence-electron chi connectivity index (χ1n) is 9.18. The number of hydrogen-bond donors (Lipinski definition) is 1. The van der Waals surface area contributed by atoms with Crippen molar-refractivity contribution in [1.29, 1.82) is 0 Å². The van der Waals surface area contributed by atoms with E-state index in [1.54, 1.807) is 26.5 Å². The number of aromatic nitrogens is 3. The minimum atomic E-state index is -0.240. The lowest BCUT2D eigenvalue weighted by molar-refractivity contribution is -0.119. The number of benzene rings is 1. The number of nitrogens with one attached hydrogen (secondary N) is 1. The predicted molar refractivity (Wildman–Crippen MR) is 110 cm³/mol. The van der Waals surface area contributed by atoms with E-state index in [-0.39, 0.29) is 17.7 Å². The van der Waals surface area contributed by atoms with Gasteiger partial charge in [-0.1, -0.05) is 11.8 Å². The molecule has 3 rings (SSSR count). The Balaban J connectivity index is 1.65. The maximum absolute atomic E-state index is 12.5. The SMILES string of the molecule is CCn1c(SCC(=O)N[C@H](C)c2cc(OC)ccc2OC)nnc1-c1ccco1. The molecule has 0 aliphatic carbocycles. The number of carbonyl (C=O) groups excluding carboxylic acids is 1. The molecule has 1 atom stereocenters. The van der Waals surface area contributed by atoms with Gasteiger partial charge in [-0.25, -0.2) is 0 Å². The summed E-state index contributed by atoms with van der Waals surface area (Å²) >= 11 is 1.33. The molecular weight excluding hydrogens is 392 g/mol. The van der Waals surface area contributed by atoms with Crippen molar-refractivity contribution in [2.24, 2.45) is 0 Å². The van der Waals surface area contributed by atoms with Crippen LogP contribution in [0.4, 0.5) is 0 Å². The maximum Gasteiger partial charge on any atom is 0.230 e. The highest BCUT2D eigenvalue weighted by Gasteiger charge is 2.18. The van der Waals surface area contributed by atoms with Gasteiger partial charge < -0.3 is 19.2 Å². The van der Waals surface area contributed by atoms with E-state index in [1.165, 1.54) is 11.8 Å². The molecular formula is C20H24N4O4S. The second kappa shape index (κ2) is 9.51. The Bertz CT molecular complexity index is 956. The summed E-state index contributed by atoms with van der Waals surface area (Å²) in [6.07, 6.45) is 1.60. The van der Waals surface area contributed by atoms with Gasteiger partial charge in [-0.05, 0) is 44.2 Å². The fraction of sp³-hybridized carbons (Fsp3) is 0.350. The van der Waals surface area contributed by atoms with Gasteiger partial charge in [-0.15, -0.1) is 10.2 Å². The smallest absolute Gasteiger partial charge is 0.230 e. The first-order chi connectivity index (χ1) is 14.1. The number of methoxy groups -OCH3 is 2. The van der Waals surface area contributed by atoms with E-state index in [0.29, 0.717) is 34.8 Å². The molecule has 29 heavy (non-hydrogen) atoms. The molecule has 0 bridgehead atoms. The Kier molecular flexibility index (Phi) is 6.82. The number of ether oxygens (including phenoxy) is 2. The number of thioether (sulfide) groups is 1. The van der Waals surface area contributed by atoms with E-state index in [4.69, 9.17) is 13.9 Å². The van der Waals surface area contributed by atoms with Crippen LogP contribution in [0.2, 0.25) is 0 Å². The van der Waals surface area contributed by atoms with Gasteiger partial charge >= 0.3 is 0 Å². The zero-order chi connectivity index (χ0) is 20.8. The summed E-state index contributed by atoms with van der Waals surface area (Å²) < 4.78 is 18.0. The van der Waals surface area contributed by atoms with Crippen LogP contribution in [0.1, 0.15) is 25.5 Å². The lowest BCUT2D eigenvalue weighted by Crippen LogP contribution is -2.28. The maximum atomic E-state index is 12.5. The number of carbonyl (C=O) groups is 1. The quantitative estimate of drug-likeness (QED) is 0.533. The third-order valence-electron chi connectivity index (χ3n) is 4.39. The molecule has 0 aliphatic rings. The fourth-order valence-corrected chi connectivity index (χ4v) is 3.75. The Morgan fingerprint density at radius 2 is 2.10 bits per heavy atom. The van der Waals surface area contributed by atoms with Gasteiger partial charge in [0.15, 0.2) is 16.7 Å². The van der Waals surface area contributed by atoms with Crippen molar-refractivity contribution in [3.8, 4) is 23.1 Å². The molecule has 0 aliphatic heterocycles. The van der Waals surface area contributed by atoms with Crippen LogP contribution < -0.4 is 14.8 Å². The summed E-state index contributed by atoms with van der Waals surface area (Å²) in [7, 11) is 3.20. The Morgan fingerprint density at radius 1 is 1.28 bits per heavy atom. The van der Waals surface area contributed by atoms with Gasteiger partial charge in [0.05, 0.1) is 32.3 Å². The first kappa shape index (κ1) is 20.8. The van der Waals surface area contributed by atoms with Gasteiger partial charge in [0.25, 0.3) is 0 Å². The number of amides is 1. The predicted octanol–water partition coefficient (Wildman–Crippen LogP) is 3.54. The lowest BCUT2D eigenvalue weighted by atomic mass is 10.1. The molecule has 9 heteroatoms. The fourth-order valence-electron chi connectivity index (χ4n) is 2.94. The van der Waals surface area contributed by atoms with E-state index in [9.17, 15) is 4.79 Å². The zero-order valence-corrected chi connectivity index (χ0v) is 17.7. The molecule has 1 aromatic carbocycles. The Labute approximate surface area is 173 Å². The van der Waals surface area contributed by atoms with Crippen molar-refractivity contribution in [2.45, 2.75) is 31.6 Å². The highest BCUT2D eigenvalue weighted by molar-refractivity contribution is 7.99. The highest BCUT2D eigenvalue weighted by atomic mass is 32.2. The van der Waals surface area contributed by atoms with Gasteiger partial charge in [-0.3, -0.25) is 9.36 Å². The van der Waals surface area contributed by atoms with Crippen LogP contribution in [-0.4, -0.2) is 40.6 Å². The van der Waals surface area contributed by atoms with Gasteiger partial charge in [0.1, 0.15) is 11.5 Å². The van der Waals surface area contributed by atoms with Crippen LogP contribution in [0, 0.1) is 0 Å². The molecule has 3 aromatic rings. The molecule has 2 heterocycles. The average molecular weight is 417 g/mol. The van der Waals surface area contributed by atoms with Crippen LogP contribution in [0.15, 0.2) is 46.2 Å². The van der Waals surface area contributed by atoms with Crippen LogP contribution in [-0.2, 0) is 11.3 Å². The zero-order valence-electron chi connectivity index (χ0n) is 16.8. The molecule has 1 N–H and O–H groups in total. The van der Waals surface area contributed by atoms with Crippen molar-refractivity contribution < 1.29 is 18.7 Å². The molecule has 0 spiro atoms. The average Bonchev–Trinajstić information content (AvgIpc) is 3.40. The van der Waals surface area contributed by atoms with Crippen molar-refractivity contribution in [2.75, 3.05) is 20.0 Å². The second-order valence-electron chi connectivity index (χ2n) is 6.21. The molecule has 0 unspecified atom stereocenters. The lowest BCUT2D eigenvalue weighted by Gasteiger charge is -2.18. The molecule has 154 valence electrons. The summed E-state index contributed by atoms with van der Waals surface area (Å²) in [6.45, 7) is 4.57. The summed E-state index contributed by atoms with van der Waals surface area (Å²) in [5, 5.41) is 12.1. The number of furan rings is 1. The van der Waals surface area contributed by atoms with E-state index < -0.39 is 0 Å². The minimum absolute atomic E-state index is 0.113. The van der Waals surface area contributed by atoms with E-state index in [0.717, 1.165) is 5.56 Å². The summed E-state index contributed by atoms with van der Waals surface area (Å²) in [5.74, 6) is 2.80. The molecule has 0 saturated heterocycles. The molecule has 1 amide bonds. The van der Waals surface area contributed by atoms with Crippen LogP contribution in [0.5, 0.6) is 11.5 Å². The largest absolute Gasteiger partial charge is 0.497 e. The molecule has 0 radical (unpaired) electrons. The highest BCUT2D eigenvalue weighted by Crippen LogP contribution is 2.29. The summed E-state index contributed by atoms with van der Waals surface area (Å²) in [4.78, 5) is 12.5. The normalized spacial score (nSPS) is 11.9. The van der Waals surface area contributed by atoms with Crippen LogP contribution in [0.25, 0.3) is 11.6 Å². The first-order valence-corrected chi connectivity index (χ1v) is 10.2. The molecule has 2 aromatic heterocycles. The van der Waals surface area contributed by atoms with E-state index in [2.05, 4.69) is 15.5 Å². The monoisotopic (exact) mass is 416 g/mol. The Morgan fingerprint density at radius 3 is 2.76 bits per heavy atom.